The molecule has 1 aromatic carbocycles. The minimum atomic E-state index is -1.08. The summed E-state index contributed by atoms with van der Waals surface area (Å²) >= 11 is 5.79. The smallest absolute Gasteiger partial charge is 0.319 e. The highest BCUT2D eigenvalue weighted by molar-refractivity contribution is 6.31. The number of benzene rings is 1. The molecule has 7 heteroatoms. The first-order chi connectivity index (χ1) is 9.26. The molecule has 0 radical (unpaired) electrons. The summed E-state index contributed by atoms with van der Waals surface area (Å²) in [4.78, 5) is 22.6. The second-order valence-corrected chi connectivity index (χ2v) is 5.23. The Kier molecular flexibility index (Phi) is 4.94. The van der Waals surface area contributed by atoms with Crippen molar-refractivity contribution >= 4 is 29.3 Å². The summed E-state index contributed by atoms with van der Waals surface area (Å²) in [6.45, 7) is 2.95. The molecule has 1 aromatic rings. The SMILES string of the molecule is CC(C)(CNC(=O)Nc1cc(Cl)ccc1C#N)C(=O)O. The van der Waals surface area contributed by atoms with E-state index in [0.717, 1.165) is 0 Å². The Balaban J connectivity index is 2.71. The number of hydrogen-bond acceptors (Lipinski definition) is 3. The van der Waals surface area contributed by atoms with Gasteiger partial charge in [0, 0.05) is 11.6 Å². The van der Waals surface area contributed by atoms with Gasteiger partial charge < -0.3 is 15.7 Å². The second-order valence-electron chi connectivity index (χ2n) is 4.80. The van der Waals surface area contributed by atoms with Crippen molar-refractivity contribution in [2.75, 3.05) is 11.9 Å². The first-order valence-corrected chi connectivity index (χ1v) is 6.12. The third-order valence-electron chi connectivity index (χ3n) is 2.62. The highest BCUT2D eigenvalue weighted by atomic mass is 35.5. The van der Waals surface area contributed by atoms with Crippen molar-refractivity contribution in [2.45, 2.75) is 13.8 Å². The molecule has 3 N–H and O–H groups in total. The van der Waals surface area contributed by atoms with Gasteiger partial charge in [-0.15, -0.1) is 0 Å². The van der Waals surface area contributed by atoms with Gasteiger partial charge in [0.25, 0.3) is 0 Å². The van der Waals surface area contributed by atoms with E-state index in [-0.39, 0.29) is 17.8 Å². The van der Waals surface area contributed by atoms with Gasteiger partial charge in [-0.3, -0.25) is 4.79 Å². The molecular formula is C13H14ClN3O3. The molecule has 0 saturated carbocycles. The van der Waals surface area contributed by atoms with Crippen LogP contribution in [0.2, 0.25) is 5.02 Å². The zero-order valence-corrected chi connectivity index (χ0v) is 11.8. The van der Waals surface area contributed by atoms with Crippen molar-refractivity contribution in [1.82, 2.24) is 5.32 Å². The number of carboxylic acids is 1. The maximum atomic E-state index is 11.7. The number of aliphatic carboxylic acids is 1. The van der Waals surface area contributed by atoms with Crippen LogP contribution in [0.25, 0.3) is 0 Å². The van der Waals surface area contributed by atoms with E-state index < -0.39 is 17.4 Å². The molecule has 20 heavy (non-hydrogen) atoms. The number of anilines is 1. The molecule has 106 valence electrons. The maximum Gasteiger partial charge on any atom is 0.319 e. The van der Waals surface area contributed by atoms with Crippen LogP contribution in [0.4, 0.5) is 10.5 Å². The van der Waals surface area contributed by atoms with Crippen LogP contribution in [0, 0.1) is 16.7 Å². The number of nitriles is 1. The lowest BCUT2D eigenvalue weighted by Crippen LogP contribution is -2.40. The van der Waals surface area contributed by atoms with Crippen LogP contribution < -0.4 is 10.6 Å². The molecule has 0 aliphatic heterocycles. The lowest BCUT2D eigenvalue weighted by Gasteiger charge is -2.19. The van der Waals surface area contributed by atoms with Gasteiger partial charge in [0.05, 0.1) is 16.7 Å². The highest BCUT2D eigenvalue weighted by Crippen LogP contribution is 2.20. The van der Waals surface area contributed by atoms with Crippen LogP contribution in [0.15, 0.2) is 18.2 Å². The maximum absolute atomic E-state index is 11.7. The molecule has 0 spiro atoms. The standard InChI is InChI=1S/C13H14ClN3O3/c1-13(2,11(18)19)7-16-12(20)17-10-5-9(14)4-3-8(10)6-15/h3-5H,7H2,1-2H3,(H,18,19)(H2,16,17,20). The fourth-order valence-electron chi connectivity index (χ4n) is 1.26. The predicted octanol–water partition coefficient (Wildman–Crippen LogP) is 2.44. The Morgan fingerprint density at radius 2 is 2.10 bits per heavy atom. The van der Waals surface area contributed by atoms with Gasteiger partial charge in [0.1, 0.15) is 6.07 Å². The molecule has 0 unspecified atom stereocenters. The first kappa shape index (κ1) is 15.8. The summed E-state index contributed by atoms with van der Waals surface area (Å²) in [5.74, 6) is -1.02. The number of carbonyl (C=O) groups excluding carboxylic acids is 1. The molecule has 1 rings (SSSR count). The van der Waals surface area contributed by atoms with E-state index in [9.17, 15) is 9.59 Å². The second kappa shape index (κ2) is 6.26. The molecule has 0 saturated heterocycles. The van der Waals surface area contributed by atoms with Gasteiger partial charge in [-0.25, -0.2) is 4.79 Å². The van der Waals surface area contributed by atoms with Crippen LogP contribution in [0.5, 0.6) is 0 Å². The van der Waals surface area contributed by atoms with Crippen LogP contribution >= 0.6 is 11.6 Å². The number of carboxylic acid groups (broad SMARTS) is 1. The average molecular weight is 296 g/mol. The molecule has 0 aliphatic carbocycles. The highest BCUT2D eigenvalue weighted by Gasteiger charge is 2.27. The number of amides is 2. The van der Waals surface area contributed by atoms with E-state index >= 15 is 0 Å². The Labute approximate surface area is 121 Å². The minimum absolute atomic E-state index is 0.0450. The number of hydrogen-bond donors (Lipinski definition) is 3. The zero-order valence-electron chi connectivity index (χ0n) is 11.0. The number of rotatable bonds is 4. The third kappa shape index (κ3) is 4.14. The molecule has 2 amide bonds. The quantitative estimate of drug-likeness (QED) is 0.794. The fraction of sp³-hybridized carbons (Fsp3) is 0.308. The van der Waals surface area contributed by atoms with E-state index in [2.05, 4.69) is 10.6 Å². The van der Waals surface area contributed by atoms with Gasteiger partial charge in [-0.05, 0) is 32.0 Å². The van der Waals surface area contributed by atoms with Crippen molar-refractivity contribution in [2.24, 2.45) is 5.41 Å². The van der Waals surface area contributed by atoms with Crippen molar-refractivity contribution in [1.29, 1.82) is 5.26 Å². The Hall–Kier alpha value is -2.26. The van der Waals surface area contributed by atoms with Crippen LogP contribution in [-0.4, -0.2) is 23.7 Å². The molecule has 6 nitrogen and oxygen atoms in total. The monoisotopic (exact) mass is 295 g/mol. The van der Waals surface area contributed by atoms with Gasteiger partial charge in [0.2, 0.25) is 0 Å². The summed E-state index contributed by atoms with van der Waals surface area (Å²) in [5.41, 5.74) is -0.545. The normalized spacial score (nSPS) is 10.5. The molecule has 0 atom stereocenters. The minimum Gasteiger partial charge on any atom is -0.481 e. The fourth-order valence-corrected chi connectivity index (χ4v) is 1.43. The number of carbonyl (C=O) groups is 2. The third-order valence-corrected chi connectivity index (χ3v) is 2.86. The van der Waals surface area contributed by atoms with Crippen LogP contribution in [0.1, 0.15) is 19.4 Å². The van der Waals surface area contributed by atoms with Crippen molar-refractivity contribution in [3.63, 3.8) is 0 Å². The van der Waals surface area contributed by atoms with E-state index in [1.54, 1.807) is 0 Å². The molecule has 0 aromatic heterocycles. The van der Waals surface area contributed by atoms with Crippen molar-refractivity contribution in [3.8, 4) is 6.07 Å². The lowest BCUT2D eigenvalue weighted by atomic mass is 9.94. The van der Waals surface area contributed by atoms with Crippen molar-refractivity contribution in [3.05, 3.63) is 28.8 Å². The summed E-state index contributed by atoms with van der Waals surface area (Å²) in [5, 5.41) is 23.1. The average Bonchev–Trinajstić information content (AvgIpc) is 2.36. The number of urea groups is 1. The Bertz CT molecular complexity index is 579. The largest absolute Gasteiger partial charge is 0.481 e. The lowest BCUT2D eigenvalue weighted by molar-refractivity contribution is -0.146. The predicted molar refractivity (Wildman–Crippen MR) is 74.6 cm³/mol. The molecule has 0 heterocycles. The van der Waals surface area contributed by atoms with Crippen LogP contribution in [0.3, 0.4) is 0 Å². The molecular weight excluding hydrogens is 282 g/mol. The number of nitrogens with one attached hydrogen (secondary N) is 2. The van der Waals surface area contributed by atoms with E-state index in [4.69, 9.17) is 22.0 Å². The zero-order chi connectivity index (χ0) is 15.3. The van der Waals surface area contributed by atoms with E-state index in [1.165, 1.54) is 32.0 Å². The molecule has 0 bridgehead atoms. The van der Waals surface area contributed by atoms with Crippen LogP contribution in [-0.2, 0) is 4.79 Å². The summed E-state index contributed by atoms with van der Waals surface area (Å²) in [7, 11) is 0. The number of halogens is 1. The summed E-state index contributed by atoms with van der Waals surface area (Å²) in [6, 6.07) is 5.79. The van der Waals surface area contributed by atoms with Gasteiger partial charge in [-0.2, -0.15) is 5.26 Å². The van der Waals surface area contributed by atoms with E-state index in [1.807, 2.05) is 6.07 Å². The summed E-state index contributed by atoms with van der Waals surface area (Å²) in [6.07, 6.45) is 0. The van der Waals surface area contributed by atoms with Gasteiger partial charge in [-0.1, -0.05) is 11.6 Å². The number of nitrogens with zero attached hydrogens (tertiary/aromatic N) is 1. The topological polar surface area (TPSA) is 102 Å². The van der Waals surface area contributed by atoms with E-state index in [0.29, 0.717) is 5.02 Å². The molecule has 0 aliphatic rings. The molecule has 0 fully saturated rings. The Morgan fingerprint density at radius 1 is 1.45 bits per heavy atom. The Morgan fingerprint density at radius 3 is 2.65 bits per heavy atom. The van der Waals surface area contributed by atoms with Gasteiger partial charge in [0.15, 0.2) is 0 Å². The first-order valence-electron chi connectivity index (χ1n) is 5.74. The van der Waals surface area contributed by atoms with Gasteiger partial charge >= 0.3 is 12.0 Å². The summed E-state index contributed by atoms with van der Waals surface area (Å²) < 4.78 is 0. The van der Waals surface area contributed by atoms with Crippen molar-refractivity contribution < 1.29 is 14.7 Å².